The Morgan fingerprint density at radius 1 is 1.00 bits per heavy atom. The van der Waals surface area contributed by atoms with Crippen LogP contribution < -0.4 is 0 Å². The molecule has 0 aromatic rings. The molecule has 0 aliphatic carbocycles. The Kier molecular flexibility index (Phi) is 5.11. The number of hydrogen-bond acceptors (Lipinski definition) is 1. The molecule has 1 heteroatoms. The fraction of sp³-hybridized carbons (Fsp3) is 1.00. The maximum absolute atomic E-state index is 6.04. The van der Waals surface area contributed by atoms with E-state index < -0.39 is 0 Å². The molecule has 1 rings (SSSR count). The van der Waals surface area contributed by atoms with Gasteiger partial charge in [-0.15, -0.1) is 0 Å². The molecular formula is C14H28O. The van der Waals surface area contributed by atoms with E-state index in [4.69, 9.17) is 4.74 Å². The summed E-state index contributed by atoms with van der Waals surface area (Å²) in [6, 6.07) is 0. The summed E-state index contributed by atoms with van der Waals surface area (Å²) in [5.41, 5.74) is 0.258. The second-order valence-electron chi connectivity index (χ2n) is 6.00. The van der Waals surface area contributed by atoms with Gasteiger partial charge in [-0.2, -0.15) is 0 Å². The summed E-state index contributed by atoms with van der Waals surface area (Å²) in [7, 11) is 0. The topological polar surface area (TPSA) is 9.23 Å². The molecule has 1 aliphatic rings. The van der Waals surface area contributed by atoms with Crippen LogP contribution >= 0.6 is 0 Å². The Morgan fingerprint density at radius 2 is 1.53 bits per heavy atom. The fourth-order valence-corrected chi connectivity index (χ4v) is 2.38. The highest BCUT2D eigenvalue weighted by atomic mass is 16.5. The Hall–Kier alpha value is -0.0400. The Bertz CT molecular complexity index is 152. The van der Waals surface area contributed by atoms with E-state index in [1.165, 1.54) is 38.5 Å². The van der Waals surface area contributed by atoms with E-state index in [0.29, 0.717) is 0 Å². The van der Waals surface area contributed by atoms with Crippen molar-refractivity contribution in [2.75, 3.05) is 6.61 Å². The summed E-state index contributed by atoms with van der Waals surface area (Å²) in [6.45, 7) is 10.2. The SMILES string of the molecule is CC(C)CCC1(CCC(C)C)CCCO1. The smallest absolute Gasteiger partial charge is 0.0683 e. The van der Waals surface area contributed by atoms with Gasteiger partial charge in [0.2, 0.25) is 0 Å². The van der Waals surface area contributed by atoms with Crippen LogP contribution in [-0.2, 0) is 4.74 Å². The minimum atomic E-state index is 0.258. The first-order chi connectivity index (χ1) is 7.04. The third kappa shape index (κ3) is 4.55. The monoisotopic (exact) mass is 212 g/mol. The van der Waals surface area contributed by atoms with Gasteiger partial charge in [-0.05, 0) is 50.4 Å². The largest absolute Gasteiger partial charge is 0.375 e. The Labute approximate surface area is 95.6 Å². The molecule has 0 unspecified atom stereocenters. The molecule has 0 bridgehead atoms. The lowest BCUT2D eigenvalue weighted by Gasteiger charge is -2.30. The van der Waals surface area contributed by atoms with Crippen molar-refractivity contribution < 1.29 is 4.74 Å². The highest BCUT2D eigenvalue weighted by Crippen LogP contribution is 2.36. The molecule has 15 heavy (non-hydrogen) atoms. The van der Waals surface area contributed by atoms with Gasteiger partial charge < -0.3 is 4.74 Å². The zero-order valence-electron chi connectivity index (χ0n) is 11.0. The average Bonchev–Trinajstić information content (AvgIpc) is 2.61. The third-order valence-electron chi connectivity index (χ3n) is 3.54. The molecule has 1 nitrogen and oxygen atoms in total. The lowest BCUT2D eigenvalue weighted by Crippen LogP contribution is -2.28. The van der Waals surface area contributed by atoms with Gasteiger partial charge in [0.05, 0.1) is 5.60 Å². The van der Waals surface area contributed by atoms with Crippen molar-refractivity contribution in [3.8, 4) is 0 Å². The lowest BCUT2D eigenvalue weighted by atomic mass is 9.85. The first kappa shape index (κ1) is 13.0. The van der Waals surface area contributed by atoms with Crippen molar-refractivity contribution in [2.24, 2.45) is 11.8 Å². The van der Waals surface area contributed by atoms with Gasteiger partial charge in [0.1, 0.15) is 0 Å². The van der Waals surface area contributed by atoms with Crippen molar-refractivity contribution in [1.82, 2.24) is 0 Å². The second-order valence-corrected chi connectivity index (χ2v) is 6.00. The predicted molar refractivity (Wildman–Crippen MR) is 66.1 cm³/mol. The van der Waals surface area contributed by atoms with Crippen molar-refractivity contribution >= 4 is 0 Å². The quantitative estimate of drug-likeness (QED) is 0.634. The maximum atomic E-state index is 6.04. The summed E-state index contributed by atoms with van der Waals surface area (Å²) in [4.78, 5) is 0. The molecule has 90 valence electrons. The fourth-order valence-electron chi connectivity index (χ4n) is 2.38. The molecular weight excluding hydrogens is 184 g/mol. The highest BCUT2D eigenvalue weighted by Gasteiger charge is 2.34. The van der Waals surface area contributed by atoms with Crippen molar-refractivity contribution in [3.63, 3.8) is 0 Å². The minimum absolute atomic E-state index is 0.258. The van der Waals surface area contributed by atoms with E-state index in [1.807, 2.05) is 0 Å². The van der Waals surface area contributed by atoms with E-state index in [1.54, 1.807) is 0 Å². The average molecular weight is 212 g/mol. The van der Waals surface area contributed by atoms with Gasteiger partial charge in [-0.1, -0.05) is 27.7 Å². The van der Waals surface area contributed by atoms with Crippen LogP contribution in [0, 0.1) is 11.8 Å². The summed E-state index contributed by atoms with van der Waals surface area (Å²) in [5, 5.41) is 0. The molecule has 1 fully saturated rings. The van der Waals surface area contributed by atoms with E-state index in [0.717, 1.165) is 18.4 Å². The molecule has 0 N–H and O–H groups in total. The van der Waals surface area contributed by atoms with Crippen LogP contribution in [0.3, 0.4) is 0 Å². The molecule has 0 amide bonds. The highest BCUT2D eigenvalue weighted by molar-refractivity contribution is 4.85. The summed E-state index contributed by atoms with van der Waals surface area (Å²) in [6.07, 6.45) is 7.76. The van der Waals surface area contributed by atoms with Crippen LogP contribution in [0.25, 0.3) is 0 Å². The zero-order chi connectivity index (χ0) is 11.3. The van der Waals surface area contributed by atoms with Crippen LogP contribution in [0.4, 0.5) is 0 Å². The van der Waals surface area contributed by atoms with Gasteiger partial charge in [0, 0.05) is 6.61 Å². The molecule has 1 heterocycles. The lowest BCUT2D eigenvalue weighted by molar-refractivity contribution is -0.0170. The van der Waals surface area contributed by atoms with Gasteiger partial charge in [-0.3, -0.25) is 0 Å². The van der Waals surface area contributed by atoms with Crippen molar-refractivity contribution in [1.29, 1.82) is 0 Å². The van der Waals surface area contributed by atoms with Crippen LogP contribution in [-0.4, -0.2) is 12.2 Å². The predicted octanol–water partition coefficient (Wildman–Crippen LogP) is 4.41. The van der Waals surface area contributed by atoms with Crippen molar-refractivity contribution in [3.05, 3.63) is 0 Å². The van der Waals surface area contributed by atoms with E-state index in [9.17, 15) is 0 Å². The molecule has 1 aliphatic heterocycles. The van der Waals surface area contributed by atoms with Crippen LogP contribution in [0.15, 0.2) is 0 Å². The second kappa shape index (κ2) is 5.89. The summed E-state index contributed by atoms with van der Waals surface area (Å²) >= 11 is 0. The molecule has 0 aromatic heterocycles. The van der Waals surface area contributed by atoms with Gasteiger partial charge >= 0.3 is 0 Å². The molecule has 0 atom stereocenters. The van der Waals surface area contributed by atoms with Crippen LogP contribution in [0.2, 0.25) is 0 Å². The number of hydrogen-bond donors (Lipinski definition) is 0. The third-order valence-corrected chi connectivity index (χ3v) is 3.54. The van der Waals surface area contributed by atoms with Gasteiger partial charge in [0.15, 0.2) is 0 Å². The standard InChI is InChI=1S/C14H28O/c1-12(2)6-9-14(8-5-11-15-14)10-7-13(3)4/h12-13H,5-11H2,1-4H3. The molecule has 0 radical (unpaired) electrons. The van der Waals surface area contributed by atoms with Crippen LogP contribution in [0.5, 0.6) is 0 Å². The molecule has 0 spiro atoms. The van der Waals surface area contributed by atoms with Gasteiger partial charge in [0.25, 0.3) is 0 Å². The maximum Gasteiger partial charge on any atom is 0.0683 e. The summed E-state index contributed by atoms with van der Waals surface area (Å²) in [5.74, 6) is 1.62. The first-order valence-corrected chi connectivity index (χ1v) is 6.68. The minimum Gasteiger partial charge on any atom is -0.375 e. The molecule has 0 aromatic carbocycles. The number of rotatable bonds is 6. The van der Waals surface area contributed by atoms with Gasteiger partial charge in [-0.25, -0.2) is 0 Å². The Balaban J connectivity index is 2.39. The van der Waals surface area contributed by atoms with E-state index in [2.05, 4.69) is 27.7 Å². The van der Waals surface area contributed by atoms with Crippen LogP contribution in [0.1, 0.15) is 66.2 Å². The van der Waals surface area contributed by atoms with Crippen molar-refractivity contribution in [2.45, 2.75) is 71.8 Å². The Morgan fingerprint density at radius 3 is 1.87 bits per heavy atom. The zero-order valence-corrected chi connectivity index (χ0v) is 11.0. The summed E-state index contributed by atoms with van der Waals surface area (Å²) < 4.78 is 6.04. The van der Waals surface area contributed by atoms with E-state index in [-0.39, 0.29) is 5.60 Å². The normalized spacial score (nSPS) is 20.4. The first-order valence-electron chi connectivity index (χ1n) is 6.68. The van der Waals surface area contributed by atoms with E-state index >= 15 is 0 Å². The number of ether oxygens (including phenoxy) is 1. The molecule has 0 saturated carbocycles. The molecule has 1 saturated heterocycles.